The highest BCUT2D eigenvalue weighted by Crippen LogP contribution is 2.23. The first kappa shape index (κ1) is 12.6. The van der Waals surface area contributed by atoms with Gasteiger partial charge in [-0.15, -0.1) is 11.8 Å². The maximum Gasteiger partial charge on any atom is 0.120 e. The Morgan fingerprint density at radius 3 is 2.83 bits per heavy atom. The van der Waals surface area contributed by atoms with Gasteiger partial charge in [0, 0.05) is 30.1 Å². The lowest BCUT2D eigenvalue weighted by molar-refractivity contribution is 0.243. The van der Waals surface area contributed by atoms with Crippen LogP contribution in [0.2, 0.25) is 0 Å². The Balaban J connectivity index is 2.22. The first-order chi connectivity index (χ1) is 8.70. The molecule has 1 aromatic carbocycles. The van der Waals surface area contributed by atoms with E-state index in [2.05, 4.69) is 40.8 Å². The van der Waals surface area contributed by atoms with Crippen molar-refractivity contribution in [1.29, 1.82) is 0 Å². The largest absolute Gasteiger partial charge is 0.491 e. The molecule has 18 heavy (non-hydrogen) atoms. The molecule has 0 aliphatic heterocycles. The summed E-state index contributed by atoms with van der Waals surface area (Å²) in [5, 5.41) is 1.22. The molecule has 0 aliphatic rings. The van der Waals surface area contributed by atoms with Gasteiger partial charge < -0.3 is 9.30 Å². The molecule has 2 nitrogen and oxygen atoms in total. The molecular weight excluding hydrogens is 222 g/mol. The SMILES string of the molecule is CC#CCCn1ccc2cc(OC(C)C)ccc21. The van der Waals surface area contributed by atoms with Gasteiger partial charge in [0.15, 0.2) is 0 Å². The van der Waals surface area contributed by atoms with Crippen molar-refractivity contribution in [2.24, 2.45) is 0 Å². The summed E-state index contributed by atoms with van der Waals surface area (Å²) in [5.74, 6) is 6.95. The Labute approximate surface area is 109 Å². The van der Waals surface area contributed by atoms with Crippen molar-refractivity contribution in [1.82, 2.24) is 4.57 Å². The average molecular weight is 241 g/mol. The molecule has 0 fully saturated rings. The van der Waals surface area contributed by atoms with Gasteiger partial charge >= 0.3 is 0 Å². The van der Waals surface area contributed by atoms with Gasteiger partial charge in [0.25, 0.3) is 0 Å². The summed E-state index contributed by atoms with van der Waals surface area (Å²) in [6, 6.07) is 8.37. The van der Waals surface area contributed by atoms with Crippen LogP contribution in [0, 0.1) is 11.8 Å². The second-order valence-corrected chi connectivity index (χ2v) is 4.57. The smallest absolute Gasteiger partial charge is 0.120 e. The van der Waals surface area contributed by atoms with E-state index < -0.39 is 0 Å². The lowest BCUT2D eigenvalue weighted by atomic mass is 10.2. The summed E-state index contributed by atoms with van der Waals surface area (Å²) in [6.45, 7) is 6.90. The van der Waals surface area contributed by atoms with E-state index in [0.29, 0.717) is 0 Å². The number of aryl methyl sites for hydroxylation is 1. The summed E-state index contributed by atoms with van der Waals surface area (Å²) in [4.78, 5) is 0. The monoisotopic (exact) mass is 241 g/mol. The van der Waals surface area contributed by atoms with Crippen molar-refractivity contribution in [3.05, 3.63) is 30.5 Å². The Hall–Kier alpha value is -1.88. The third kappa shape index (κ3) is 2.87. The summed E-state index contributed by atoms with van der Waals surface area (Å²) in [6.07, 6.45) is 3.22. The van der Waals surface area contributed by atoms with Gasteiger partial charge in [-0.2, -0.15) is 0 Å². The van der Waals surface area contributed by atoms with Crippen molar-refractivity contribution in [2.45, 2.75) is 39.8 Å². The number of fused-ring (bicyclic) bond motifs is 1. The first-order valence-corrected chi connectivity index (χ1v) is 6.36. The third-order valence-electron chi connectivity index (χ3n) is 2.77. The number of ether oxygens (including phenoxy) is 1. The minimum atomic E-state index is 0.212. The van der Waals surface area contributed by atoms with E-state index in [-0.39, 0.29) is 6.10 Å². The summed E-state index contributed by atoms with van der Waals surface area (Å²) >= 11 is 0. The van der Waals surface area contributed by atoms with E-state index in [4.69, 9.17) is 4.74 Å². The number of benzene rings is 1. The molecule has 0 spiro atoms. The average Bonchev–Trinajstić information content (AvgIpc) is 2.71. The zero-order valence-corrected chi connectivity index (χ0v) is 11.2. The van der Waals surface area contributed by atoms with Crippen LogP contribution in [0.25, 0.3) is 10.9 Å². The number of hydrogen-bond donors (Lipinski definition) is 0. The molecular formula is C16H19NO. The van der Waals surface area contributed by atoms with E-state index in [9.17, 15) is 0 Å². The van der Waals surface area contributed by atoms with Gasteiger partial charge in [-0.25, -0.2) is 0 Å². The maximum absolute atomic E-state index is 5.70. The Morgan fingerprint density at radius 1 is 1.28 bits per heavy atom. The first-order valence-electron chi connectivity index (χ1n) is 6.36. The molecule has 1 aromatic heterocycles. The number of nitrogens with zero attached hydrogens (tertiary/aromatic N) is 1. The quantitative estimate of drug-likeness (QED) is 0.742. The number of rotatable bonds is 4. The van der Waals surface area contributed by atoms with Crippen LogP contribution in [0.4, 0.5) is 0 Å². The van der Waals surface area contributed by atoms with E-state index in [1.165, 1.54) is 10.9 Å². The summed E-state index contributed by atoms with van der Waals surface area (Å²) < 4.78 is 7.93. The minimum absolute atomic E-state index is 0.212. The highest BCUT2D eigenvalue weighted by Gasteiger charge is 2.03. The van der Waals surface area contributed by atoms with Crippen molar-refractivity contribution < 1.29 is 4.74 Å². The van der Waals surface area contributed by atoms with Gasteiger partial charge in [0.2, 0.25) is 0 Å². The molecule has 0 atom stereocenters. The lowest BCUT2D eigenvalue weighted by Gasteiger charge is -2.10. The third-order valence-corrected chi connectivity index (χ3v) is 2.77. The fourth-order valence-corrected chi connectivity index (χ4v) is 2.02. The van der Waals surface area contributed by atoms with E-state index in [1.54, 1.807) is 0 Å². The summed E-state index contributed by atoms with van der Waals surface area (Å²) in [7, 11) is 0. The lowest BCUT2D eigenvalue weighted by Crippen LogP contribution is -2.05. The molecule has 0 aliphatic carbocycles. The molecule has 0 unspecified atom stereocenters. The van der Waals surface area contributed by atoms with Crippen LogP contribution in [0.3, 0.4) is 0 Å². The van der Waals surface area contributed by atoms with E-state index >= 15 is 0 Å². The molecule has 0 saturated heterocycles. The van der Waals surface area contributed by atoms with Crippen molar-refractivity contribution in [2.75, 3.05) is 0 Å². The highest BCUT2D eigenvalue weighted by atomic mass is 16.5. The van der Waals surface area contributed by atoms with Crippen LogP contribution in [-0.2, 0) is 6.54 Å². The molecule has 2 aromatic rings. The molecule has 2 heteroatoms. The van der Waals surface area contributed by atoms with Gasteiger partial charge in [-0.05, 0) is 45.0 Å². The topological polar surface area (TPSA) is 14.2 Å². The summed E-state index contributed by atoms with van der Waals surface area (Å²) in [5.41, 5.74) is 1.24. The van der Waals surface area contributed by atoms with Crippen LogP contribution in [0.15, 0.2) is 30.5 Å². The van der Waals surface area contributed by atoms with Gasteiger partial charge in [0.05, 0.1) is 6.10 Å². The fraction of sp³-hybridized carbons (Fsp3) is 0.375. The van der Waals surface area contributed by atoms with Crippen LogP contribution >= 0.6 is 0 Å². The predicted molar refractivity (Wildman–Crippen MR) is 75.8 cm³/mol. The van der Waals surface area contributed by atoms with E-state index in [0.717, 1.165) is 18.7 Å². The molecule has 0 amide bonds. The maximum atomic E-state index is 5.70. The molecule has 0 saturated carbocycles. The van der Waals surface area contributed by atoms with Crippen molar-refractivity contribution in [3.63, 3.8) is 0 Å². The second-order valence-electron chi connectivity index (χ2n) is 4.57. The van der Waals surface area contributed by atoms with Crippen LogP contribution in [-0.4, -0.2) is 10.7 Å². The molecule has 1 heterocycles. The Bertz CT molecular complexity index is 584. The minimum Gasteiger partial charge on any atom is -0.491 e. The van der Waals surface area contributed by atoms with Crippen molar-refractivity contribution >= 4 is 10.9 Å². The van der Waals surface area contributed by atoms with Crippen molar-refractivity contribution in [3.8, 4) is 17.6 Å². The second kappa shape index (κ2) is 5.64. The zero-order chi connectivity index (χ0) is 13.0. The number of hydrogen-bond acceptors (Lipinski definition) is 1. The van der Waals surface area contributed by atoms with Crippen LogP contribution in [0.1, 0.15) is 27.2 Å². The van der Waals surface area contributed by atoms with Gasteiger partial charge in [0.1, 0.15) is 5.75 Å². The van der Waals surface area contributed by atoms with Gasteiger partial charge in [-0.1, -0.05) is 0 Å². The standard InChI is InChI=1S/C16H19NO/c1-4-5-6-10-17-11-9-14-12-15(18-13(2)3)7-8-16(14)17/h7-9,11-13H,6,10H2,1-3H3. The normalized spacial score (nSPS) is 10.4. The van der Waals surface area contributed by atoms with Crippen LogP contribution < -0.4 is 4.74 Å². The Morgan fingerprint density at radius 2 is 2.11 bits per heavy atom. The number of aromatic nitrogens is 1. The molecule has 2 rings (SSSR count). The molecule has 0 radical (unpaired) electrons. The fourth-order valence-electron chi connectivity index (χ4n) is 2.02. The van der Waals surface area contributed by atoms with Gasteiger partial charge in [-0.3, -0.25) is 0 Å². The molecule has 0 bridgehead atoms. The highest BCUT2D eigenvalue weighted by molar-refractivity contribution is 5.81. The predicted octanol–water partition coefficient (Wildman–Crippen LogP) is 3.84. The molecule has 94 valence electrons. The molecule has 0 N–H and O–H groups in total. The Kier molecular flexibility index (Phi) is 3.94. The zero-order valence-electron chi connectivity index (χ0n) is 11.2. The van der Waals surface area contributed by atoms with Crippen LogP contribution in [0.5, 0.6) is 5.75 Å². The van der Waals surface area contributed by atoms with E-state index in [1.807, 2.05) is 26.8 Å².